The van der Waals surface area contributed by atoms with E-state index in [1.165, 1.54) is 0 Å². The maximum atomic E-state index is 9.81. The van der Waals surface area contributed by atoms with Gasteiger partial charge in [0, 0.05) is 17.3 Å². The predicted octanol–water partition coefficient (Wildman–Crippen LogP) is 2.88. The lowest BCUT2D eigenvalue weighted by atomic mass is 9.92. The highest BCUT2D eigenvalue weighted by molar-refractivity contribution is 5.46. The van der Waals surface area contributed by atoms with Crippen molar-refractivity contribution in [2.45, 2.75) is 26.2 Å². The first-order valence-electron chi connectivity index (χ1n) is 5.33. The van der Waals surface area contributed by atoms with Crippen LogP contribution in [0.2, 0.25) is 0 Å². The summed E-state index contributed by atoms with van der Waals surface area (Å²) in [6.45, 7) is 6.38. The van der Waals surface area contributed by atoms with E-state index in [-0.39, 0.29) is 11.2 Å². The fourth-order valence-electron chi connectivity index (χ4n) is 1.71. The maximum Gasteiger partial charge on any atom is 0.141 e. The van der Waals surface area contributed by atoms with Crippen LogP contribution in [-0.4, -0.2) is 14.9 Å². The quantitative estimate of drug-likeness (QED) is 0.796. The molecular weight excluding hydrogens is 200 g/mol. The highest BCUT2D eigenvalue weighted by Gasteiger charge is 2.20. The first-order chi connectivity index (χ1) is 7.50. The third kappa shape index (κ3) is 1.81. The van der Waals surface area contributed by atoms with Gasteiger partial charge in [-0.2, -0.15) is 5.10 Å². The van der Waals surface area contributed by atoms with Crippen LogP contribution in [0.3, 0.4) is 0 Å². The molecule has 0 unspecified atom stereocenters. The van der Waals surface area contributed by atoms with Gasteiger partial charge in [-0.3, -0.25) is 0 Å². The molecule has 0 amide bonds. The zero-order chi connectivity index (χ0) is 11.8. The van der Waals surface area contributed by atoms with Crippen LogP contribution in [0.1, 0.15) is 26.5 Å². The number of hydrogen-bond acceptors (Lipinski definition) is 2. The number of nitrogens with zero attached hydrogens (tertiary/aromatic N) is 2. The van der Waals surface area contributed by atoms with Gasteiger partial charge >= 0.3 is 0 Å². The van der Waals surface area contributed by atoms with Gasteiger partial charge in [-0.1, -0.05) is 32.9 Å². The molecule has 1 N–H and O–H groups in total. The normalized spacial score (nSPS) is 11.7. The predicted molar refractivity (Wildman–Crippen MR) is 63.9 cm³/mol. The van der Waals surface area contributed by atoms with Crippen molar-refractivity contribution in [3.63, 3.8) is 0 Å². The Kier molecular flexibility index (Phi) is 2.46. The van der Waals surface area contributed by atoms with Gasteiger partial charge in [0.15, 0.2) is 0 Å². The topological polar surface area (TPSA) is 38.0 Å². The Morgan fingerprint density at radius 1 is 1.12 bits per heavy atom. The van der Waals surface area contributed by atoms with Crippen LogP contribution < -0.4 is 0 Å². The molecule has 0 radical (unpaired) electrons. The highest BCUT2D eigenvalue weighted by atomic mass is 16.3. The van der Waals surface area contributed by atoms with Crippen LogP contribution >= 0.6 is 0 Å². The number of aromatic hydroxyl groups is 1. The molecule has 1 heterocycles. The summed E-state index contributed by atoms with van der Waals surface area (Å²) in [7, 11) is 0. The van der Waals surface area contributed by atoms with Gasteiger partial charge in [0.1, 0.15) is 11.4 Å². The maximum absolute atomic E-state index is 9.81. The van der Waals surface area contributed by atoms with Gasteiger partial charge in [0.05, 0.1) is 0 Å². The summed E-state index contributed by atoms with van der Waals surface area (Å²) in [5.74, 6) is 0.247. The largest absolute Gasteiger partial charge is 0.506 e. The van der Waals surface area contributed by atoms with E-state index in [1.54, 1.807) is 23.0 Å². The molecule has 0 spiro atoms. The van der Waals surface area contributed by atoms with Crippen molar-refractivity contribution in [1.29, 1.82) is 0 Å². The Morgan fingerprint density at radius 3 is 2.44 bits per heavy atom. The lowest BCUT2D eigenvalue weighted by molar-refractivity contribution is 0.465. The molecule has 0 aliphatic carbocycles. The second kappa shape index (κ2) is 3.67. The van der Waals surface area contributed by atoms with E-state index in [0.717, 1.165) is 11.4 Å². The fourth-order valence-corrected chi connectivity index (χ4v) is 1.71. The van der Waals surface area contributed by atoms with Crippen LogP contribution in [0, 0.1) is 0 Å². The lowest BCUT2D eigenvalue weighted by Gasteiger charge is -2.20. The molecule has 3 heteroatoms. The van der Waals surface area contributed by atoms with Crippen molar-refractivity contribution in [3.05, 3.63) is 42.2 Å². The molecule has 2 aromatic rings. The van der Waals surface area contributed by atoms with Crippen LogP contribution in [0.25, 0.3) is 5.69 Å². The van der Waals surface area contributed by atoms with Crippen molar-refractivity contribution >= 4 is 0 Å². The van der Waals surface area contributed by atoms with Crippen LogP contribution in [0.15, 0.2) is 36.5 Å². The Morgan fingerprint density at radius 2 is 1.81 bits per heavy atom. The molecule has 84 valence electrons. The molecule has 3 nitrogen and oxygen atoms in total. The summed E-state index contributed by atoms with van der Waals surface area (Å²) in [4.78, 5) is 0. The average Bonchev–Trinajstić information content (AvgIpc) is 2.66. The minimum atomic E-state index is -0.00121. The molecular formula is C13H16N2O. The molecule has 0 saturated heterocycles. The average molecular weight is 216 g/mol. The SMILES string of the molecule is CC(C)(C)c1ccnn1-c1ccccc1O. The molecule has 1 aromatic heterocycles. The van der Waals surface area contributed by atoms with Crippen LogP contribution in [0.5, 0.6) is 5.75 Å². The molecule has 2 rings (SSSR count). The van der Waals surface area contributed by atoms with Crippen molar-refractivity contribution in [2.24, 2.45) is 0 Å². The number of phenolic OH excluding ortho intramolecular Hbond substituents is 1. The second-order valence-corrected chi connectivity index (χ2v) is 4.87. The number of phenols is 1. The minimum absolute atomic E-state index is 0.00121. The van der Waals surface area contributed by atoms with E-state index >= 15 is 0 Å². The summed E-state index contributed by atoms with van der Waals surface area (Å²) >= 11 is 0. The fraction of sp³-hybridized carbons (Fsp3) is 0.308. The second-order valence-electron chi connectivity index (χ2n) is 4.87. The first kappa shape index (κ1) is 10.7. The van der Waals surface area contributed by atoms with Crippen LogP contribution in [0.4, 0.5) is 0 Å². The Hall–Kier alpha value is -1.77. The van der Waals surface area contributed by atoms with E-state index in [9.17, 15) is 5.11 Å². The summed E-state index contributed by atoms with van der Waals surface area (Å²) < 4.78 is 1.79. The van der Waals surface area contributed by atoms with Gasteiger partial charge in [0.25, 0.3) is 0 Å². The molecule has 0 fully saturated rings. The molecule has 0 aliphatic heterocycles. The Bertz CT molecular complexity index is 495. The Labute approximate surface area is 95.3 Å². The number of aromatic nitrogens is 2. The van der Waals surface area contributed by atoms with Gasteiger partial charge < -0.3 is 5.11 Å². The monoisotopic (exact) mass is 216 g/mol. The molecule has 1 aromatic carbocycles. The third-order valence-corrected chi connectivity index (χ3v) is 2.52. The number of benzene rings is 1. The van der Waals surface area contributed by atoms with E-state index in [1.807, 2.05) is 18.2 Å². The summed E-state index contributed by atoms with van der Waals surface area (Å²) in [6, 6.07) is 9.20. The zero-order valence-electron chi connectivity index (χ0n) is 9.81. The third-order valence-electron chi connectivity index (χ3n) is 2.52. The first-order valence-corrected chi connectivity index (χ1v) is 5.33. The van der Waals surface area contributed by atoms with Gasteiger partial charge in [-0.25, -0.2) is 4.68 Å². The number of para-hydroxylation sites is 2. The molecule has 0 saturated carbocycles. The molecule has 0 bridgehead atoms. The van der Waals surface area contributed by atoms with E-state index in [4.69, 9.17) is 0 Å². The van der Waals surface area contributed by atoms with Crippen LogP contribution in [-0.2, 0) is 5.41 Å². The van der Waals surface area contributed by atoms with Crippen molar-refractivity contribution in [1.82, 2.24) is 9.78 Å². The summed E-state index contributed by atoms with van der Waals surface area (Å²) in [6.07, 6.45) is 1.76. The van der Waals surface area contributed by atoms with Crippen molar-refractivity contribution < 1.29 is 5.11 Å². The van der Waals surface area contributed by atoms with Crippen molar-refractivity contribution in [3.8, 4) is 11.4 Å². The minimum Gasteiger partial charge on any atom is -0.506 e. The van der Waals surface area contributed by atoms with Gasteiger partial charge in [-0.05, 0) is 18.2 Å². The molecule has 16 heavy (non-hydrogen) atoms. The Balaban J connectivity index is 2.58. The van der Waals surface area contributed by atoms with E-state index in [0.29, 0.717) is 0 Å². The standard InChI is InChI=1S/C13H16N2O/c1-13(2,3)12-8-9-14-15(12)10-6-4-5-7-11(10)16/h4-9,16H,1-3H3. The number of hydrogen-bond donors (Lipinski definition) is 1. The lowest BCUT2D eigenvalue weighted by Crippen LogP contribution is -2.17. The number of rotatable bonds is 1. The van der Waals surface area contributed by atoms with Gasteiger partial charge in [0.2, 0.25) is 0 Å². The molecule has 0 atom stereocenters. The zero-order valence-corrected chi connectivity index (χ0v) is 9.81. The molecule has 0 aliphatic rings. The summed E-state index contributed by atoms with van der Waals surface area (Å²) in [5, 5.41) is 14.1. The van der Waals surface area contributed by atoms with Gasteiger partial charge in [-0.15, -0.1) is 0 Å². The van der Waals surface area contributed by atoms with E-state index < -0.39 is 0 Å². The van der Waals surface area contributed by atoms with Crippen molar-refractivity contribution in [2.75, 3.05) is 0 Å². The smallest absolute Gasteiger partial charge is 0.141 e. The highest BCUT2D eigenvalue weighted by Crippen LogP contribution is 2.27. The van der Waals surface area contributed by atoms with E-state index in [2.05, 4.69) is 25.9 Å². The summed E-state index contributed by atoms with van der Waals surface area (Å²) in [5.41, 5.74) is 1.80.